The Kier molecular flexibility index (Phi) is 6.53. The minimum atomic E-state index is -0.186. The summed E-state index contributed by atoms with van der Waals surface area (Å²) < 4.78 is 0. The summed E-state index contributed by atoms with van der Waals surface area (Å²) in [6.45, 7) is 10.9. The van der Waals surface area contributed by atoms with Crippen molar-refractivity contribution in [2.24, 2.45) is 5.92 Å². The van der Waals surface area contributed by atoms with Crippen molar-refractivity contribution in [1.82, 2.24) is 14.7 Å². The standard InChI is InChI=1S/C22H33N3O2/c1-17(2)8-9-21(26)24-11-5-10-23-12-13-25(22(27)20(23)16-24)15-19-7-4-6-18(3)14-19/h4,6-7,14,17,20H,5,8-13,15-16H2,1-3H3. The van der Waals surface area contributed by atoms with Crippen LogP contribution in [0.4, 0.5) is 0 Å². The number of benzene rings is 1. The van der Waals surface area contributed by atoms with Gasteiger partial charge in [-0.3, -0.25) is 14.5 Å². The van der Waals surface area contributed by atoms with E-state index in [4.69, 9.17) is 0 Å². The molecule has 0 aromatic heterocycles. The monoisotopic (exact) mass is 371 g/mol. The van der Waals surface area contributed by atoms with Crippen molar-refractivity contribution < 1.29 is 9.59 Å². The third kappa shape index (κ3) is 5.10. The third-order valence-corrected chi connectivity index (χ3v) is 5.71. The molecule has 5 heteroatoms. The van der Waals surface area contributed by atoms with Gasteiger partial charge >= 0.3 is 0 Å². The topological polar surface area (TPSA) is 43.9 Å². The van der Waals surface area contributed by atoms with Gasteiger partial charge in [0.25, 0.3) is 0 Å². The molecule has 3 rings (SSSR count). The van der Waals surface area contributed by atoms with Crippen molar-refractivity contribution >= 4 is 11.8 Å². The summed E-state index contributed by atoms with van der Waals surface area (Å²) in [5.74, 6) is 0.902. The van der Waals surface area contributed by atoms with Gasteiger partial charge in [-0.05, 0) is 31.2 Å². The van der Waals surface area contributed by atoms with E-state index in [-0.39, 0.29) is 17.9 Å². The molecule has 2 saturated heterocycles. The molecular formula is C22H33N3O2. The van der Waals surface area contributed by atoms with E-state index in [1.165, 1.54) is 11.1 Å². The van der Waals surface area contributed by atoms with Crippen LogP contribution in [-0.2, 0) is 16.1 Å². The van der Waals surface area contributed by atoms with Gasteiger partial charge in [-0.25, -0.2) is 0 Å². The lowest BCUT2D eigenvalue weighted by Crippen LogP contribution is -2.59. The van der Waals surface area contributed by atoms with Crippen LogP contribution in [-0.4, -0.2) is 65.3 Å². The molecule has 27 heavy (non-hydrogen) atoms. The van der Waals surface area contributed by atoms with E-state index in [1.54, 1.807) is 0 Å². The zero-order chi connectivity index (χ0) is 19.4. The smallest absolute Gasteiger partial charge is 0.242 e. The number of piperazine rings is 1. The number of hydrogen-bond acceptors (Lipinski definition) is 3. The second-order valence-corrected chi connectivity index (χ2v) is 8.43. The van der Waals surface area contributed by atoms with E-state index in [0.29, 0.717) is 25.4 Å². The molecule has 1 atom stereocenters. The van der Waals surface area contributed by atoms with Crippen LogP contribution in [0.15, 0.2) is 24.3 Å². The highest BCUT2D eigenvalue weighted by Crippen LogP contribution is 2.20. The minimum Gasteiger partial charge on any atom is -0.341 e. The predicted octanol–water partition coefficient (Wildman–Crippen LogP) is 2.68. The summed E-state index contributed by atoms with van der Waals surface area (Å²) >= 11 is 0. The molecule has 2 fully saturated rings. The van der Waals surface area contributed by atoms with Crippen molar-refractivity contribution in [1.29, 1.82) is 0 Å². The first kappa shape index (κ1) is 19.9. The molecule has 1 aromatic rings. The number of aryl methyl sites for hydroxylation is 1. The van der Waals surface area contributed by atoms with Crippen LogP contribution >= 0.6 is 0 Å². The number of rotatable bonds is 5. The van der Waals surface area contributed by atoms with Crippen LogP contribution in [0.2, 0.25) is 0 Å². The lowest BCUT2D eigenvalue weighted by atomic mass is 10.1. The predicted molar refractivity (Wildman–Crippen MR) is 107 cm³/mol. The van der Waals surface area contributed by atoms with Crippen LogP contribution < -0.4 is 0 Å². The van der Waals surface area contributed by atoms with Crippen LogP contribution in [0.1, 0.15) is 44.2 Å². The van der Waals surface area contributed by atoms with Gasteiger partial charge in [0.05, 0.1) is 0 Å². The van der Waals surface area contributed by atoms with Crippen LogP contribution in [0.25, 0.3) is 0 Å². The number of carbonyl (C=O) groups excluding carboxylic acids is 2. The molecular weight excluding hydrogens is 338 g/mol. The molecule has 0 aliphatic carbocycles. The fourth-order valence-corrected chi connectivity index (χ4v) is 4.09. The number of amides is 2. The van der Waals surface area contributed by atoms with E-state index in [0.717, 1.165) is 39.0 Å². The Morgan fingerprint density at radius 1 is 1.19 bits per heavy atom. The molecule has 2 amide bonds. The van der Waals surface area contributed by atoms with Gasteiger partial charge in [-0.2, -0.15) is 0 Å². The summed E-state index contributed by atoms with van der Waals surface area (Å²) in [6.07, 6.45) is 2.46. The highest BCUT2D eigenvalue weighted by Gasteiger charge is 2.38. The average Bonchev–Trinajstić information content (AvgIpc) is 2.85. The molecule has 0 spiro atoms. The Morgan fingerprint density at radius 3 is 2.74 bits per heavy atom. The first-order valence-corrected chi connectivity index (χ1v) is 10.3. The first-order valence-electron chi connectivity index (χ1n) is 10.3. The third-order valence-electron chi connectivity index (χ3n) is 5.71. The van der Waals surface area contributed by atoms with E-state index >= 15 is 0 Å². The second kappa shape index (κ2) is 8.87. The Balaban J connectivity index is 1.66. The minimum absolute atomic E-state index is 0.173. The number of nitrogens with zero attached hydrogens (tertiary/aromatic N) is 3. The quantitative estimate of drug-likeness (QED) is 0.799. The normalized spacial score (nSPS) is 21.3. The average molecular weight is 372 g/mol. The summed E-state index contributed by atoms with van der Waals surface area (Å²) in [6, 6.07) is 8.17. The first-order chi connectivity index (χ1) is 12.9. The Bertz CT molecular complexity index is 673. The molecule has 2 aliphatic heterocycles. The van der Waals surface area contributed by atoms with Gasteiger partial charge in [0.15, 0.2) is 0 Å². The highest BCUT2D eigenvalue weighted by molar-refractivity contribution is 5.84. The van der Waals surface area contributed by atoms with Crippen molar-refractivity contribution in [3.8, 4) is 0 Å². The Hall–Kier alpha value is -1.88. The summed E-state index contributed by atoms with van der Waals surface area (Å²) in [7, 11) is 0. The van der Waals surface area contributed by atoms with E-state index < -0.39 is 0 Å². The number of carbonyl (C=O) groups is 2. The molecule has 0 radical (unpaired) electrons. The summed E-state index contributed by atoms with van der Waals surface area (Å²) in [4.78, 5) is 32.0. The van der Waals surface area contributed by atoms with E-state index in [1.807, 2.05) is 15.9 Å². The molecule has 5 nitrogen and oxygen atoms in total. The Morgan fingerprint density at radius 2 is 2.00 bits per heavy atom. The number of hydrogen-bond donors (Lipinski definition) is 0. The van der Waals surface area contributed by atoms with Gasteiger partial charge in [-0.1, -0.05) is 43.7 Å². The van der Waals surface area contributed by atoms with Crippen molar-refractivity contribution in [2.75, 3.05) is 32.7 Å². The molecule has 1 aromatic carbocycles. The van der Waals surface area contributed by atoms with Crippen molar-refractivity contribution in [2.45, 2.75) is 52.6 Å². The van der Waals surface area contributed by atoms with Crippen LogP contribution in [0.3, 0.4) is 0 Å². The maximum atomic E-state index is 13.2. The maximum absolute atomic E-state index is 13.2. The van der Waals surface area contributed by atoms with Crippen LogP contribution in [0.5, 0.6) is 0 Å². The molecule has 0 saturated carbocycles. The zero-order valence-electron chi connectivity index (χ0n) is 17.0. The van der Waals surface area contributed by atoms with E-state index in [2.05, 4.69) is 43.9 Å². The van der Waals surface area contributed by atoms with Gasteiger partial charge in [-0.15, -0.1) is 0 Å². The molecule has 148 valence electrons. The van der Waals surface area contributed by atoms with E-state index in [9.17, 15) is 9.59 Å². The highest BCUT2D eigenvalue weighted by atomic mass is 16.2. The zero-order valence-corrected chi connectivity index (χ0v) is 17.0. The van der Waals surface area contributed by atoms with Gasteiger partial charge in [0, 0.05) is 45.7 Å². The fraction of sp³-hybridized carbons (Fsp3) is 0.636. The second-order valence-electron chi connectivity index (χ2n) is 8.43. The van der Waals surface area contributed by atoms with Crippen molar-refractivity contribution in [3.05, 3.63) is 35.4 Å². The molecule has 2 heterocycles. The van der Waals surface area contributed by atoms with Gasteiger partial charge in [0.1, 0.15) is 6.04 Å². The molecule has 0 bridgehead atoms. The molecule has 0 N–H and O–H groups in total. The Labute approximate surface area is 163 Å². The molecule has 2 aliphatic rings. The lowest BCUT2D eigenvalue weighted by Gasteiger charge is -2.40. The van der Waals surface area contributed by atoms with Crippen LogP contribution in [0, 0.1) is 12.8 Å². The summed E-state index contributed by atoms with van der Waals surface area (Å²) in [5, 5.41) is 0. The summed E-state index contributed by atoms with van der Waals surface area (Å²) in [5.41, 5.74) is 2.39. The molecule has 1 unspecified atom stereocenters. The van der Waals surface area contributed by atoms with Crippen molar-refractivity contribution in [3.63, 3.8) is 0 Å². The SMILES string of the molecule is Cc1cccc(CN2CCN3CCCN(C(=O)CCC(C)C)CC3C2=O)c1. The largest absolute Gasteiger partial charge is 0.341 e. The lowest BCUT2D eigenvalue weighted by molar-refractivity contribution is -0.144. The fourth-order valence-electron chi connectivity index (χ4n) is 4.09. The van der Waals surface area contributed by atoms with Gasteiger partial charge in [0.2, 0.25) is 11.8 Å². The van der Waals surface area contributed by atoms with Gasteiger partial charge < -0.3 is 9.80 Å². The maximum Gasteiger partial charge on any atom is 0.242 e. The number of fused-ring (bicyclic) bond motifs is 1.